The summed E-state index contributed by atoms with van der Waals surface area (Å²) in [5.41, 5.74) is -0.878. The van der Waals surface area contributed by atoms with Crippen LogP contribution in [0.5, 0.6) is 0 Å². The number of imide groups is 1. The van der Waals surface area contributed by atoms with E-state index >= 15 is 0 Å². The summed E-state index contributed by atoms with van der Waals surface area (Å²) >= 11 is 0. The molecule has 1 aromatic heterocycles. The summed E-state index contributed by atoms with van der Waals surface area (Å²) in [5.74, 6) is -1.23. The molecule has 0 radical (unpaired) electrons. The number of nitrogens with one attached hydrogen (secondary N) is 1. The molecule has 42 heavy (non-hydrogen) atoms. The fourth-order valence-corrected chi connectivity index (χ4v) is 6.67. The third kappa shape index (κ3) is 6.53. The Balaban J connectivity index is 1.66. The van der Waals surface area contributed by atoms with Gasteiger partial charge in [0.1, 0.15) is 24.9 Å². The lowest BCUT2D eigenvalue weighted by atomic mass is 10.1. The van der Waals surface area contributed by atoms with Crippen LogP contribution in [0.3, 0.4) is 0 Å². The van der Waals surface area contributed by atoms with Gasteiger partial charge in [-0.15, -0.1) is 5.06 Å². The van der Waals surface area contributed by atoms with E-state index in [1.165, 1.54) is 31.5 Å². The number of aromatic nitrogens is 2. The molecule has 1 aromatic carbocycles. The van der Waals surface area contributed by atoms with E-state index in [0.717, 1.165) is 4.57 Å². The summed E-state index contributed by atoms with van der Waals surface area (Å²) in [7, 11) is -0.368. The van der Waals surface area contributed by atoms with E-state index < -0.39 is 56.1 Å². The van der Waals surface area contributed by atoms with Crippen LogP contribution in [0.15, 0.2) is 46.1 Å². The van der Waals surface area contributed by atoms with Crippen LogP contribution in [0.2, 0.25) is 0 Å². The van der Waals surface area contributed by atoms with Gasteiger partial charge in [-0.25, -0.2) is 9.46 Å². The SMILES string of the molecule is COC1C(OP(OCCC#N)N(C(C)C)C(C)C)[C@@H](CON2C(=O)c3ccccc3C2=O)O[C@H]1n1ccc(=O)[nH]c1=O. The molecular weight excluding hydrogens is 569 g/mol. The number of H-pyrrole nitrogens is 1. The topological polar surface area (TPSA) is 165 Å². The summed E-state index contributed by atoms with van der Waals surface area (Å²) in [6.45, 7) is 7.72. The molecule has 2 amide bonds. The highest BCUT2D eigenvalue weighted by Gasteiger charge is 2.50. The number of aromatic amines is 1. The van der Waals surface area contributed by atoms with E-state index in [9.17, 15) is 19.2 Å². The molecule has 2 aliphatic heterocycles. The number of fused-ring (bicyclic) bond motifs is 1. The molecule has 0 bridgehead atoms. The fourth-order valence-electron chi connectivity index (χ4n) is 4.90. The Hall–Kier alpha value is -3.28. The van der Waals surface area contributed by atoms with Crippen molar-refractivity contribution in [2.45, 2.75) is 70.7 Å². The summed E-state index contributed by atoms with van der Waals surface area (Å²) in [4.78, 5) is 58.1. The first kappa shape index (κ1) is 31.7. The summed E-state index contributed by atoms with van der Waals surface area (Å²) in [6, 6.07) is 9.59. The quantitative estimate of drug-likeness (QED) is 0.203. The smallest absolute Gasteiger partial charge is 0.330 e. The molecule has 5 atom stereocenters. The molecule has 4 rings (SSSR count). The summed E-state index contributed by atoms with van der Waals surface area (Å²) in [6.07, 6.45) is -2.44. The minimum atomic E-state index is -1.79. The minimum absolute atomic E-state index is 0.00725. The Morgan fingerprint density at radius 2 is 1.69 bits per heavy atom. The van der Waals surface area contributed by atoms with Crippen molar-refractivity contribution in [1.29, 1.82) is 5.26 Å². The van der Waals surface area contributed by atoms with Crippen molar-refractivity contribution in [3.8, 4) is 6.07 Å². The molecule has 3 heterocycles. The van der Waals surface area contributed by atoms with Crippen LogP contribution in [0.4, 0.5) is 0 Å². The van der Waals surface area contributed by atoms with Crippen LogP contribution in [0.1, 0.15) is 61.1 Å². The largest absolute Gasteiger partial charge is 0.374 e. The van der Waals surface area contributed by atoms with Crippen molar-refractivity contribution in [2.24, 2.45) is 0 Å². The third-order valence-electron chi connectivity index (χ3n) is 6.68. The Morgan fingerprint density at radius 3 is 2.24 bits per heavy atom. The third-order valence-corrected chi connectivity index (χ3v) is 8.81. The summed E-state index contributed by atoms with van der Waals surface area (Å²) < 4.78 is 27.8. The lowest BCUT2D eigenvalue weighted by Crippen LogP contribution is -2.43. The molecule has 0 saturated carbocycles. The molecule has 0 aliphatic carbocycles. The van der Waals surface area contributed by atoms with Crippen molar-refractivity contribution in [2.75, 3.05) is 20.3 Å². The van der Waals surface area contributed by atoms with Gasteiger partial charge in [0.25, 0.3) is 25.9 Å². The van der Waals surface area contributed by atoms with Gasteiger partial charge in [0.2, 0.25) is 0 Å². The van der Waals surface area contributed by atoms with Gasteiger partial charge >= 0.3 is 5.69 Å². The molecule has 0 spiro atoms. The first-order valence-electron chi connectivity index (χ1n) is 13.4. The molecule has 226 valence electrons. The number of rotatable bonds is 13. The average molecular weight is 604 g/mol. The number of amides is 2. The van der Waals surface area contributed by atoms with Gasteiger partial charge in [0, 0.05) is 31.5 Å². The van der Waals surface area contributed by atoms with Gasteiger partial charge in [-0.3, -0.25) is 28.8 Å². The predicted octanol–water partition coefficient (Wildman–Crippen LogP) is 2.34. The highest BCUT2D eigenvalue weighted by Crippen LogP contribution is 2.50. The normalized spacial score (nSPS) is 22.8. The van der Waals surface area contributed by atoms with E-state index in [1.54, 1.807) is 12.1 Å². The molecular formula is C27H34N5O9P. The highest BCUT2D eigenvalue weighted by molar-refractivity contribution is 7.44. The van der Waals surface area contributed by atoms with E-state index in [1.807, 2.05) is 32.4 Å². The Morgan fingerprint density at radius 1 is 1.05 bits per heavy atom. The average Bonchev–Trinajstić information content (AvgIpc) is 3.40. The van der Waals surface area contributed by atoms with Crippen LogP contribution in [0, 0.1) is 11.3 Å². The van der Waals surface area contributed by atoms with Crippen molar-refractivity contribution in [3.63, 3.8) is 0 Å². The fraction of sp³-hybridized carbons (Fsp3) is 0.519. The van der Waals surface area contributed by atoms with Crippen LogP contribution in [-0.2, 0) is 23.4 Å². The second-order valence-electron chi connectivity index (χ2n) is 10.1. The van der Waals surface area contributed by atoms with Crippen LogP contribution in [-0.4, -0.2) is 81.8 Å². The lowest BCUT2D eigenvalue weighted by Gasteiger charge is -2.38. The minimum Gasteiger partial charge on any atom is -0.374 e. The van der Waals surface area contributed by atoms with Crippen molar-refractivity contribution in [1.82, 2.24) is 19.3 Å². The maximum absolute atomic E-state index is 12.9. The molecule has 3 unspecified atom stereocenters. The zero-order chi connectivity index (χ0) is 30.6. The van der Waals surface area contributed by atoms with Gasteiger partial charge in [0.05, 0.1) is 30.2 Å². The number of nitriles is 1. The van der Waals surface area contributed by atoms with E-state index in [0.29, 0.717) is 5.06 Å². The van der Waals surface area contributed by atoms with Gasteiger partial charge < -0.3 is 18.5 Å². The van der Waals surface area contributed by atoms with Crippen molar-refractivity contribution >= 4 is 20.3 Å². The second-order valence-corrected chi connectivity index (χ2v) is 11.6. The Kier molecular flexibility index (Phi) is 10.4. The molecule has 1 fully saturated rings. The van der Waals surface area contributed by atoms with Crippen molar-refractivity contribution in [3.05, 3.63) is 68.5 Å². The lowest BCUT2D eigenvalue weighted by molar-refractivity contribution is -0.140. The molecule has 2 aliphatic rings. The monoisotopic (exact) mass is 603 g/mol. The number of benzene rings is 1. The standard InChI is InChI=1S/C27H34N5O9P/c1-16(2)32(17(3)4)42(39-14-8-12-28)41-22-20(15-38-31-24(34)18-9-6-7-10-19(18)25(31)35)40-26(23(22)37-5)30-13-11-21(33)29-27(30)36/h6-7,9-11,13,16-17,20,22-23,26H,8,14-15H2,1-5H3,(H,29,33,36)/t20-,22?,23?,26-,42?/m1/s1. The number of nitrogens with zero attached hydrogens (tertiary/aromatic N) is 4. The zero-order valence-electron chi connectivity index (χ0n) is 24.0. The second kappa shape index (κ2) is 13.8. The zero-order valence-corrected chi connectivity index (χ0v) is 24.9. The van der Waals surface area contributed by atoms with Gasteiger partial charge in [-0.2, -0.15) is 5.26 Å². The molecule has 1 N–H and O–H groups in total. The van der Waals surface area contributed by atoms with E-state index in [-0.39, 0.29) is 42.8 Å². The van der Waals surface area contributed by atoms with E-state index in [4.69, 9.17) is 28.6 Å². The Bertz CT molecular complexity index is 1390. The van der Waals surface area contributed by atoms with E-state index in [2.05, 4.69) is 11.1 Å². The predicted molar refractivity (Wildman–Crippen MR) is 149 cm³/mol. The van der Waals surface area contributed by atoms with Crippen molar-refractivity contribution < 1.29 is 32.9 Å². The number of hydrogen-bond acceptors (Lipinski definition) is 11. The van der Waals surface area contributed by atoms with Gasteiger partial charge in [-0.05, 0) is 39.8 Å². The maximum atomic E-state index is 12.9. The van der Waals surface area contributed by atoms with Crippen LogP contribution in [0.25, 0.3) is 0 Å². The first-order chi connectivity index (χ1) is 20.1. The van der Waals surface area contributed by atoms with Gasteiger partial charge in [0.15, 0.2) is 6.23 Å². The molecule has 1 saturated heterocycles. The van der Waals surface area contributed by atoms with Crippen LogP contribution >= 0.6 is 8.53 Å². The first-order valence-corrected chi connectivity index (χ1v) is 14.6. The van der Waals surface area contributed by atoms with Gasteiger partial charge in [-0.1, -0.05) is 12.1 Å². The van der Waals surface area contributed by atoms with Crippen LogP contribution < -0.4 is 11.2 Å². The summed E-state index contributed by atoms with van der Waals surface area (Å²) in [5, 5.41) is 9.75. The number of hydroxylamine groups is 2. The highest BCUT2D eigenvalue weighted by atomic mass is 31.2. The molecule has 14 nitrogen and oxygen atoms in total. The number of hydrogen-bond donors (Lipinski definition) is 1. The maximum Gasteiger partial charge on any atom is 0.330 e. The molecule has 15 heteroatoms. The molecule has 2 aromatic rings. The Labute approximate surface area is 243 Å². The number of methoxy groups -OCH3 is 1. The number of carbonyl (C=O) groups excluding carboxylic acids is 2. The number of carbonyl (C=O) groups is 2. The number of ether oxygens (including phenoxy) is 2.